The van der Waals surface area contributed by atoms with Crippen LogP contribution in [0.25, 0.3) is 11.4 Å². The van der Waals surface area contributed by atoms with Gasteiger partial charge in [0, 0.05) is 23.0 Å². The largest absolute Gasteiger partial charge is 0.337 e. The second kappa shape index (κ2) is 7.16. The molecule has 5 nitrogen and oxygen atoms in total. The van der Waals surface area contributed by atoms with Gasteiger partial charge in [0.1, 0.15) is 6.04 Å². The summed E-state index contributed by atoms with van der Waals surface area (Å²) in [5, 5.41) is 4.75. The van der Waals surface area contributed by atoms with Gasteiger partial charge in [0.15, 0.2) is 0 Å². The quantitative estimate of drug-likeness (QED) is 0.801. The van der Waals surface area contributed by atoms with E-state index in [4.69, 9.17) is 16.1 Å². The summed E-state index contributed by atoms with van der Waals surface area (Å²) in [5.41, 5.74) is 0.826. The van der Waals surface area contributed by atoms with Crippen molar-refractivity contribution in [3.63, 3.8) is 0 Å². The van der Waals surface area contributed by atoms with Crippen molar-refractivity contribution >= 4 is 17.5 Å². The normalized spacial score (nSPS) is 21.6. The van der Waals surface area contributed by atoms with Gasteiger partial charge in [0.2, 0.25) is 17.6 Å². The Bertz CT molecular complexity index is 755. The first-order valence-electron chi connectivity index (χ1n) is 9.12. The zero-order valence-corrected chi connectivity index (χ0v) is 14.9. The van der Waals surface area contributed by atoms with Crippen molar-refractivity contribution < 1.29 is 9.32 Å². The second-order valence-corrected chi connectivity index (χ2v) is 7.43. The van der Waals surface area contributed by atoms with Gasteiger partial charge in [-0.05, 0) is 44.2 Å². The van der Waals surface area contributed by atoms with Gasteiger partial charge < -0.3 is 9.42 Å². The maximum atomic E-state index is 12.9. The fourth-order valence-electron chi connectivity index (χ4n) is 3.97. The SMILES string of the molecule is O=C(C1CCCC1)N1CCCC[C@@H]1c1nc(-c2cccc(Cl)c2)no1. The second-order valence-electron chi connectivity index (χ2n) is 6.99. The fourth-order valence-corrected chi connectivity index (χ4v) is 4.17. The topological polar surface area (TPSA) is 59.2 Å². The fraction of sp³-hybridized carbons (Fsp3) is 0.526. The van der Waals surface area contributed by atoms with Crippen LogP contribution in [0.15, 0.2) is 28.8 Å². The Balaban J connectivity index is 1.57. The summed E-state index contributed by atoms with van der Waals surface area (Å²) in [6.07, 6.45) is 7.36. The number of carbonyl (C=O) groups is 1. The third-order valence-corrected chi connectivity index (χ3v) is 5.54. The van der Waals surface area contributed by atoms with Crippen molar-refractivity contribution in [3.8, 4) is 11.4 Å². The maximum Gasteiger partial charge on any atom is 0.249 e. The minimum Gasteiger partial charge on any atom is -0.337 e. The molecule has 6 heteroatoms. The van der Waals surface area contributed by atoms with Crippen LogP contribution in [0.2, 0.25) is 5.02 Å². The molecule has 2 aliphatic rings. The number of halogens is 1. The molecular formula is C19H22ClN3O2. The average Bonchev–Trinajstić information content (AvgIpc) is 3.33. The molecule has 1 amide bonds. The third-order valence-electron chi connectivity index (χ3n) is 5.30. The van der Waals surface area contributed by atoms with E-state index in [1.807, 2.05) is 29.2 Å². The van der Waals surface area contributed by atoms with Crippen LogP contribution in [-0.4, -0.2) is 27.5 Å². The van der Waals surface area contributed by atoms with Gasteiger partial charge in [-0.3, -0.25) is 4.79 Å². The van der Waals surface area contributed by atoms with E-state index in [9.17, 15) is 4.79 Å². The van der Waals surface area contributed by atoms with Crippen LogP contribution in [0.1, 0.15) is 56.9 Å². The number of hydrogen-bond donors (Lipinski definition) is 0. The van der Waals surface area contributed by atoms with E-state index in [0.717, 1.165) is 57.1 Å². The molecule has 1 saturated heterocycles. The molecule has 1 atom stereocenters. The average molecular weight is 360 g/mol. The minimum atomic E-state index is -0.0951. The summed E-state index contributed by atoms with van der Waals surface area (Å²) >= 11 is 6.05. The standard InChI is InChI=1S/C19H22ClN3O2/c20-15-9-5-8-14(12-15)17-21-18(25-22-17)16-10-3-4-11-23(16)19(24)13-6-1-2-7-13/h5,8-9,12-13,16H,1-4,6-7,10-11H2/t16-/m1/s1. The zero-order valence-electron chi connectivity index (χ0n) is 14.2. The van der Waals surface area contributed by atoms with Gasteiger partial charge in [-0.25, -0.2) is 0 Å². The maximum absolute atomic E-state index is 12.9. The highest BCUT2D eigenvalue weighted by molar-refractivity contribution is 6.30. The summed E-state index contributed by atoms with van der Waals surface area (Å²) in [6, 6.07) is 7.31. The molecule has 0 spiro atoms. The highest BCUT2D eigenvalue weighted by Crippen LogP contribution is 2.35. The number of aromatic nitrogens is 2. The van der Waals surface area contributed by atoms with Crippen LogP contribution >= 0.6 is 11.6 Å². The summed E-state index contributed by atoms with van der Waals surface area (Å²) in [5.74, 6) is 1.51. The number of piperidine rings is 1. The number of amides is 1. The molecule has 1 aliphatic carbocycles. The van der Waals surface area contributed by atoms with E-state index in [2.05, 4.69) is 10.1 Å². The van der Waals surface area contributed by atoms with Gasteiger partial charge in [0.05, 0.1) is 0 Å². The van der Waals surface area contributed by atoms with Crippen LogP contribution in [0.5, 0.6) is 0 Å². The van der Waals surface area contributed by atoms with Crippen LogP contribution in [0.4, 0.5) is 0 Å². The van der Waals surface area contributed by atoms with Crippen LogP contribution in [0, 0.1) is 5.92 Å². The molecule has 1 aromatic carbocycles. The van der Waals surface area contributed by atoms with Crippen molar-refractivity contribution in [2.24, 2.45) is 5.92 Å². The number of nitrogens with zero attached hydrogens (tertiary/aromatic N) is 3. The minimum absolute atomic E-state index is 0.0951. The zero-order chi connectivity index (χ0) is 17.2. The molecule has 0 N–H and O–H groups in total. The number of likely N-dealkylation sites (tertiary alicyclic amines) is 1. The highest BCUT2D eigenvalue weighted by Gasteiger charge is 2.36. The third kappa shape index (κ3) is 3.43. The monoisotopic (exact) mass is 359 g/mol. The first-order valence-corrected chi connectivity index (χ1v) is 9.50. The van der Waals surface area contributed by atoms with Crippen LogP contribution < -0.4 is 0 Å². The number of hydrogen-bond acceptors (Lipinski definition) is 4. The Morgan fingerprint density at radius 3 is 2.76 bits per heavy atom. The Hall–Kier alpha value is -1.88. The lowest BCUT2D eigenvalue weighted by atomic mass is 9.98. The van der Waals surface area contributed by atoms with Crippen molar-refractivity contribution in [3.05, 3.63) is 35.2 Å². The van der Waals surface area contributed by atoms with E-state index in [0.29, 0.717) is 16.7 Å². The lowest BCUT2D eigenvalue weighted by Crippen LogP contribution is -2.41. The van der Waals surface area contributed by atoms with Crippen LogP contribution in [0.3, 0.4) is 0 Å². The molecule has 0 unspecified atom stereocenters. The molecule has 132 valence electrons. The Kier molecular flexibility index (Phi) is 4.75. The molecule has 1 aliphatic heterocycles. The molecule has 4 rings (SSSR count). The molecule has 2 fully saturated rings. The van der Waals surface area contributed by atoms with Gasteiger partial charge in [0.25, 0.3) is 0 Å². The van der Waals surface area contributed by atoms with E-state index in [-0.39, 0.29) is 17.9 Å². The molecule has 2 aromatic rings. The Labute approximate surface area is 152 Å². The molecule has 1 saturated carbocycles. The summed E-state index contributed by atoms with van der Waals surface area (Å²) < 4.78 is 5.54. The predicted octanol–water partition coefficient (Wildman–Crippen LogP) is 4.63. The lowest BCUT2D eigenvalue weighted by Gasteiger charge is -2.35. The van der Waals surface area contributed by atoms with Crippen molar-refractivity contribution in [1.29, 1.82) is 0 Å². The summed E-state index contributed by atoms with van der Waals surface area (Å²) in [4.78, 5) is 19.5. The first kappa shape index (κ1) is 16.6. The van der Waals surface area contributed by atoms with Crippen molar-refractivity contribution in [1.82, 2.24) is 15.0 Å². The van der Waals surface area contributed by atoms with E-state index >= 15 is 0 Å². The van der Waals surface area contributed by atoms with E-state index < -0.39 is 0 Å². The Morgan fingerprint density at radius 1 is 1.16 bits per heavy atom. The Morgan fingerprint density at radius 2 is 1.96 bits per heavy atom. The molecule has 2 heterocycles. The molecular weight excluding hydrogens is 338 g/mol. The van der Waals surface area contributed by atoms with Gasteiger partial charge in [-0.15, -0.1) is 0 Å². The number of benzene rings is 1. The van der Waals surface area contributed by atoms with Crippen LogP contribution in [-0.2, 0) is 4.79 Å². The van der Waals surface area contributed by atoms with Gasteiger partial charge >= 0.3 is 0 Å². The highest BCUT2D eigenvalue weighted by atomic mass is 35.5. The van der Waals surface area contributed by atoms with Gasteiger partial charge in [-0.1, -0.05) is 41.7 Å². The summed E-state index contributed by atoms with van der Waals surface area (Å²) in [7, 11) is 0. The summed E-state index contributed by atoms with van der Waals surface area (Å²) in [6.45, 7) is 0.787. The molecule has 0 radical (unpaired) electrons. The van der Waals surface area contributed by atoms with Gasteiger partial charge in [-0.2, -0.15) is 4.98 Å². The molecule has 25 heavy (non-hydrogen) atoms. The van der Waals surface area contributed by atoms with Crippen molar-refractivity contribution in [2.75, 3.05) is 6.54 Å². The van der Waals surface area contributed by atoms with E-state index in [1.165, 1.54) is 0 Å². The lowest BCUT2D eigenvalue weighted by molar-refractivity contribution is -0.140. The first-order chi connectivity index (χ1) is 12.2. The number of carbonyl (C=O) groups excluding carboxylic acids is 1. The van der Waals surface area contributed by atoms with Crippen molar-refractivity contribution in [2.45, 2.75) is 51.0 Å². The number of rotatable bonds is 3. The van der Waals surface area contributed by atoms with E-state index in [1.54, 1.807) is 0 Å². The smallest absolute Gasteiger partial charge is 0.249 e. The predicted molar refractivity (Wildman–Crippen MR) is 95.0 cm³/mol. The molecule has 0 bridgehead atoms. The molecule has 1 aromatic heterocycles.